The van der Waals surface area contributed by atoms with Crippen LogP contribution in [0.4, 0.5) is 0 Å². The molecule has 0 unspecified atom stereocenters. The van der Waals surface area contributed by atoms with Gasteiger partial charge in [-0.05, 0) is 56.6 Å². The van der Waals surface area contributed by atoms with Crippen LogP contribution in [0, 0.1) is 11.8 Å². The quantitative estimate of drug-likeness (QED) is 0.418. The van der Waals surface area contributed by atoms with Gasteiger partial charge in [0.15, 0.2) is 5.78 Å². The Hall–Kier alpha value is -1.68. The molecule has 1 aromatic carbocycles. The first-order chi connectivity index (χ1) is 12.1. The Kier molecular flexibility index (Phi) is 8.13. The van der Waals surface area contributed by atoms with E-state index in [4.69, 9.17) is 10.5 Å². The van der Waals surface area contributed by atoms with Gasteiger partial charge >= 0.3 is 5.97 Å². The molecule has 0 radical (unpaired) electrons. The van der Waals surface area contributed by atoms with Crippen LogP contribution in [0.2, 0.25) is 0 Å². The monoisotopic (exact) mass is 345 g/mol. The minimum atomic E-state index is -0.148. The smallest absolute Gasteiger partial charge is 0.306 e. The lowest BCUT2D eigenvalue weighted by molar-refractivity contribution is -0.143. The van der Waals surface area contributed by atoms with Crippen molar-refractivity contribution in [2.45, 2.75) is 58.3 Å². The number of unbranched alkanes of at least 4 members (excludes halogenated alkanes) is 1. The van der Waals surface area contributed by atoms with E-state index in [2.05, 4.69) is 6.92 Å². The number of aryl methyl sites for hydroxylation is 1. The molecule has 25 heavy (non-hydrogen) atoms. The van der Waals surface area contributed by atoms with Crippen LogP contribution < -0.4 is 5.73 Å². The van der Waals surface area contributed by atoms with Crippen LogP contribution in [-0.4, -0.2) is 24.9 Å². The molecule has 0 aromatic heterocycles. The van der Waals surface area contributed by atoms with E-state index >= 15 is 0 Å². The van der Waals surface area contributed by atoms with Crippen molar-refractivity contribution >= 4 is 11.8 Å². The molecule has 4 heteroatoms. The van der Waals surface area contributed by atoms with Crippen LogP contribution in [0.3, 0.4) is 0 Å². The number of ether oxygens (including phenoxy) is 1. The normalized spacial score (nSPS) is 20.2. The van der Waals surface area contributed by atoms with Crippen molar-refractivity contribution < 1.29 is 14.3 Å². The second kappa shape index (κ2) is 10.3. The lowest BCUT2D eigenvalue weighted by atomic mass is 9.78. The molecule has 0 saturated heterocycles. The summed E-state index contributed by atoms with van der Waals surface area (Å²) in [6, 6.07) is 7.71. The maximum atomic E-state index is 12.6. The number of ketones is 1. The van der Waals surface area contributed by atoms with Gasteiger partial charge in [0.05, 0.1) is 6.61 Å². The topological polar surface area (TPSA) is 69.4 Å². The average Bonchev–Trinajstić information content (AvgIpc) is 2.66. The average molecular weight is 345 g/mol. The maximum Gasteiger partial charge on any atom is 0.306 e. The Bertz CT molecular complexity index is 545. The number of hydrogen-bond acceptors (Lipinski definition) is 4. The van der Waals surface area contributed by atoms with Crippen molar-refractivity contribution in [1.29, 1.82) is 0 Å². The number of nitrogens with two attached hydrogens (primary N) is 1. The number of Topliss-reactive ketones (excluding diaryl/α,β-unsaturated/α-hetero) is 1. The zero-order valence-electron chi connectivity index (χ0n) is 15.3. The third-order valence-electron chi connectivity index (χ3n) is 5.17. The van der Waals surface area contributed by atoms with Crippen molar-refractivity contribution in [2.75, 3.05) is 13.2 Å². The summed E-state index contributed by atoms with van der Waals surface area (Å²) in [6.45, 7) is 3.31. The number of carbonyl (C=O) groups excluding carboxylic acids is 2. The van der Waals surface area contributed by atoms with E-state index in [0.717, 1.165) is 56.2 Å². The summed E-state index contributed by atoms with van der Waals surface area (Å²) in [5.74, 6) is 0.831. The Balaban J connectivity index is 1.79. The van der Waals surface area contributed by atoms with Crippen molar-refractivity contribution in [3.63, 3.8) is 0 Å². The minimum Gasteiger partial charge on any atom is -0.466 e. The molecule has 0 bridgehead atoms. The van der Waals surface area contributed by atoms with Crippen LogP contribution in [-0.2, 0) is 16.0 Å². The molecule has 0 spiro atoms. The van der Waals surface area contributed by atoms with Gasteiger partial charge in [-0.15, -0.1) is 0 Å². The number of hydrogen-bond donors (Lipinski definition) is 1. The number of rotatable bonds is 9. The van der Waals surface area contributed by atoms with E-state index in [0.29, 0.717) is 25.4 Å². The third-order valence-corrected chi connectivity index (χ3v) is 5.17. The Labute approximate surface area is 151 Å². The summed E-state index contributed by atoms with van der Waals surface area (Å²) in [4.78, 5) is 24.3. The highest BCUT2D eigenvalue weighted by Crippen LogP contribution is 2.30. The molecule has 138 valence electrons. The molecule has 0 aliphatic heterocycles. The highest BCUT2D eigenvalue weighted by Gasteiger charge is 2.26. The Morgan fingerprint density at radius 2 is 1.80 bits per heavy atom. The van der Waals surface area contributed by atoms with Gasteiger partial charge < -0.3 is 10.5 Å². The molecule has 1 fully saturated rings. The zero-order chi connectivity index (χ0) is 18.1. The SMILES string of the molecule is CCCCOC(=O)CCc1ccc(C(=O)C2CCC(CN)CC2)cc1. The zero-order valence-corrected chi connectivity index (χ0v) is 15.3. The number of carbonyl (C=O) groups is 2. The molecule has 2 rings (SSSR count). The molecule has 1 aliphatic rings. The first kappa shape index (κ1) is 19.6. The molecule has 1 saturated carbocycles. The minimum absolute atomic E-state index is 0.141. The van der Waals surface area contributed by atoms with E-state index in [1.54, 1.807) is 0 Å². The Morgan fingerprint density at radius 1 is 1.12 bits per heavy atom. The summed E-state index contributed by atoms with van der Waals surface area (Å²) in [5.41, 5.74) is 7.57. The van der Waals surface area contributed by atoms with E-state index < -0.39 is 0 Å². The highest BCUT2D eigenvalue weighted by atomic mass is 16.5. The standard InChI is InChI=1S/C21H31NO3/c1-2-3-14-25-20(23)13-8-16-4-9-18(10-5-16)21(24)19-11-6-17(15-22)7-12-19/h4-5,9-10,17,19H,2-3,6-8,11-15,22H2,1H3. The summed E-state index contributed by atoms with van der Waals surface area (Å²) in [7, 11) is 0. The largest absolute Gasteiger partial charge is 0.466 e. The second-order valence-electron chi connectivity index (χ2n) is 7.09. The number of esters is 1. The van der Waals surface area contributed by atoms with E-state index in [9.17, 15) is 9.59 Å². The summed E-state index contributed by atoms with van der Waals surface area (Å²) in [6.07, 6.45) is 7.00. The summed E-state index contributed by atoms with van der Waals surface area (Å²) < 4.78 is 5.16. The lowest BCUT2D eigenvalue weighted by Gasteiger charge is -2.26. The van der Waals surface area contributed by atoms with Gasteiger partial charge in [0.25, 0.3) is 0 Å². The van der Waals surface area contributed by atoms with Crippen molar-refractivity contribution in [3.8, 4) is 0 Å². The predicted octanol–water partition coefficient (Wildman–Crippen LogP) is 3.91. The molecule has 1 aliphatic carbocycles. The van der Waals surface area contributed by atoms with Crippen molar-refractivity contribution in [2.24, 2.45) is 17.6 Å². The van der Waals surface area contributed by atoms with Crippen LogP contribution in [0.25, 0.3) is 0 Å². The molecular formula is C21H31NO3. The number of benzene rings is 1. The molecule has 0 amide bonds. The van der Waals surface area contributed by atoms with Gasteiger partial charge in [-0.25, -0.2) is 0 Å². The summed E-state index contributed by atoms with van der Waals surface area (Å²) in [5, 5.41) is 0. The van der Waals surface area contributed by atoms with Crippen molar-refractivity contribution in [3.05, 3.63) is 35.4 Å². The molecule has 0 atom stereocenters. The van der Waals surface area contributed by atoms with Crippen LogP contribution in [0.15, 0.2) is 24.3 Å². The van der Waals surface area contributed by atoms with Gasteiger partial charge in [0, 0.05) is 17.9 Å². The second-order valence-corrected chi connectivity index (χ2v) is 7.09. The third kappa shape index (κ3) is 6.28. The van der Waals surface area contributed by atoms with E-state index in [1.807, 2.05) is 24.3 Å². The molecule has 0 heterocycles. The predicted molar refractivity (Wildman–Crippen MR) is 99.5 cm³/mol. The first-order valence-electron chi connectivity index (χ1n) is 9.62. The molecular weight excluding hydrogens is 314 g/mol. The first-order valence-corrected chi connectivity index (χ1v) is 9.62. The van der Waals surface area contributed by atoms with Crippen LogP contribution >= 0.6 is 0 Å². The van der Waals surface area contributed by atoms with Crippen LogP contribution in [0.1, 0.15) is 67.8 Å². The lowest BCUT2D eigenvalue weighted by Crippen LogP contribution is -2.25. The van der Waals surface area contributed by atoms with Crippen LogP contribution in [0.5, 0.6) is 0 Å². The fourth-order valence-electron chi connectivity index (χ4n) is 3.38. The molecule has 1 aromatic rings. The molecule has 2 N–H and O–H groups in total. The fraction of sp³-hybridized carbons (Fsp3) is 0.619. The van der Waals surface area contributed by atoms with Crippen molar-refractivity contribution in [1.82, 2.24) is 0 Å². The van der Waals surface area contributed by atoms with Gasteiger partial charge in [-0.3, -0.25) is 9.59 Å². The molecule has 4 nitrogen and oxygen atoms in total. The summed E-state index contributed by atoms with van der Waals surface area (Å²) >= 11 is 0. The van der Waals surface area contributed by atoms with Gasteiger partial charge in [-0.2, -0.15) is 0 Å². The van der Waals surface area contributed by atoms with Gasteiger partial charge in [0.1, 0.15) is 0 Å². The van der Waals surface area contributed by atoms with Gasteiger partial charge in [0.2, 0.25) is 0 Å². The van der Waals surface area contributed by atoms with Gasteiger partial charge in [-0.1, -0.05) is 37.6 Å². The fourth-order valence-corrected chi connectivity index (χ4v) is 3.38. The Morgan fingerprint density at radius 3 is 2.40 bits per heavy atom. The highest BCUT2D eigenvalue weighted by molar-refractivity contribution is 5.97. The van der Waals surface area contributed by atoms with E-state index in [-0.39, 0.29) is 17.7 Å². The maximum absolute atomic E-state index is 12.6. The van der Waals surface area contributed by atoms with E-state index in [1.165, 1.54) is 0 Å².